The van der Waals surface area contributed by atoms with Crippen molar-refractivity contribution >= 4 is 21.4 Å². The molecule has 0 aromatic heterocycles. The second-order valence-electron chi connectivity index (χ2n) is 4.93. The van der Waals surface area contributed by atoms with Crippen molar-refractivity contribution in [2.45, 2.75) is 26.2 Å². The Morgan fingerprint density at radius 2 is 1.89 bits per heavy atom. The third-order valence-electron chi connectivity index (χ3n) is 3.58. The first-order chi connectivity index (χ1) is 9.02. The molecule has 1 amide bonds. The normalized spacial score (nSPS) is 19.0. The van der Waals surface area contributed by atoms with Crippen molar-refractivity contribution in [3.05, 3.63) is 29.8 Å². The molecule has 0 unspecified atom stereocenters. The predicted molar refractivity (Wildman–Crippen MR) is 75.8 cm³/mol. The molecule has 0 bridgehead atoms. The number of carbonyl (C=O) groups excluding carboxylic acids is 1. The average Bonchev–Trinajstić information content (AvgIpc) is 2.39. The average molecular weight is 281 g/mol. The lowest BCUT2D eigenvalue weighted by atomic mass is 10.0. The van der Waals surface area contributed by atoms with Crippen LogP contribution in [0.1, 0.15) is 25.3 Å². The second-order valence-corrected chi connectivity index (χ2v) is 7.23. The zero-order chi connectivity index (χ0) is 13.9. The van der Waals surface area contributed by atoms with Crippen molar-refractivity contribution in [2.75, 3.05) is 16.8 Å². The van der Waals surface area contributed by atoms with E-state index in [-0.39, 0.29) is 23.3 Å². The number of para-hydroxylation sites is 1. The maximum absolute atomic E-state index is 12.1. The molecule has 0 atom stereocenters. The van der Waals surface area contributed by atoms with Gasteiger partial charge in [-0.05, 0) is 30.9 Å². The molecule has 1 aromatic rings. The van der Waals surface area contributed by atoms with E-state index >= 15 is 0 Å². The molecule has 4 nitrogen and oxygen atoms in total. The van der Waals surface area contributed by atoms with Gasteiger partial charge in [0.2, 0.25) is 5.91 Å². The standard InChI is InChI=1S/C14H19NO3S/c1-2-11-5-3-4-6-13(11)15-14(16)12-7-9-19(17,18)10-8-12/h3-6,12H,2,7-10H2,1H3,(H,15,16). The molecule has 0 aliphatic carbocycles. The molecule has 1 aliphatic rings. The fourth-order valence-corrected chi connectivity index (χ4v) is 3.83. The van der Waals surface area contributed by atoms with Gasteiger partial charge in [0, 0.05) is 11.6 Å². The van der Waals surface area contributed by atoms with Gasteiger partial charge in [0.15, 0.2) is 0 Å². The summed E-state index contributed by atoms with van der Waals surface area (Å²) in [6.45, 7) is 2.04. The Kier molecular flexibility index (Phi) is 4.24. The number of hydrogen-bond acceptors (Lipinski definition) is 3. The number of amides is 1. The summed E-state index contributed by atoms with van der Waals surface area (Å²) in [5, 5.41) is 2.92. The van der Waals surface area contributed by atoms with Gasteiger partial charge >= 0.3 is 0 Å². The van der Waals surface area contributed by atoms with E-state index in [9.17, 15) is 13.2 Å². The Morgan fingerprint density at radius 1 is 1.26 bits per heavy atom. The van der Waals surface area contributed by atoms with Crippen molar-refractivity contribution in [3.63, 3.8) is 0 Å². The van der Waals surface area contributed by atoms with E-state index in [0.717, 1.165) is 17.7 Å². The summed E-state index contributed by atoms with van der Waals surface area (Å²) < 4.78 is 22.7. The maximum Gasteiger partial charge on any atom is 0.227 e. The lowest BCUT2D eigenvalue weighted by Crippen LogP contribution is -2.32. The molecule has 0 spiro atoms. The molecule has 5 heteroatoms. The quantitative estimate of drug-likeness (QED) is 0.922. The van der Waals surface area contributed by atoms with Gasteiger partial charge in [-0.2, -0.15) is 0 Å². The predicted octanol–water partition coefficient (Wildman–Crippen LogP) is 2.01. The van der Waals surface area contributed by atoms with Crippen LogP contribution in [0.3, 0.4) is 0 Å². The van der Waals surface area contributed by atoms with Crippen LogP contribution in [-0.4, -0.2) is 25.8 Å². The second kappa shape index (κ2) is 5.74. The Hall–Kier alpha value is -1.36. The molecule has 1 fully saturated rings. The fraction of sp³-hybridized carbons (Fsp3) is 0.500. The number of aryl methyl sites for hydroxylation is 1. The number of rotatable bonds is 3. The maximum atomic E-state index is 12.1. The molecule has 1 N–H and O–H groups in total. The lowest BCUT2D eigenvalue weighted by Gasteiger charge is -2.21. The molecule has 1 aliphatic heterocycles. The first kappa shape index (κ1) is 14.1. The molecule has 104 valence electrons. The van der Waals surface area contributed by atoms with Crippen LogP contribution in [0, 0.1) is 5.92 Å². The van der Waals surface area contributed by atoms with Gasteiger partial charge in [0.05, 0.1) is 11.5 Å². The minimum Gasteiger partial charge on any atom is -0.326 e. The summed E-state index contributed by atoms with van der Waals surface area (Å²) in [7, 11) is -2.91. The van der Waals surface area contributed by atoms with Crippen LogP contribution in [-0.2, 0) is 21.1 Å². The third kappa shape index (κ3) is 3.56. The summed E-state index contributed by atoms with van der Waals surface area (Å²) in [6, 6.07) is 7.71. The van der Waals surface area contributed by atoms with Crippen molar-refractivity contribution in [2.24, 2.45) is 5.92 Å². The van der Waals surface area contributed by atoms with Gasteiger partial charge in [-0.25, -0.2) is 8.42 Å². The first-order valence-electron chi connectivity index (χ1n) is 6.61. The van der Waals surface area contributed by atoms with Gasteiger partial charge in [0.25, 0.3) is 0 Å². The van der Waals surface area contributed by atoms with Crippen LogP contribution in [0.4, 0.5) is 5.69 Å². The lowest BCUT2D eigenvalue weighted by molar-refractivity contribution is -0.120. The molecule has 1 saturated heterocycles. The van der Waals surface area contributed by atoms with Crippen molar-refractivity contribution in [1.29, 1.82) is 0 Å². The zero-order valence-electron chi connectivity index (χ0n) is 11.1. The molecule has 1 aromatic carbocycles. The highest BCUT2D eigenvalue weighted by molar-refractivity contribution is 7.91. The van der Waals surface area contributed by atoms with Gasteiger partial charge in [-0.15, -0.1) is 0 Å². The monoisotopic (exact) mass is 281 g/mol. The van der Waals surface area contributed by atoms with E-state index in [0.29, 0.717) is 12.8 Å². The van der Waals surface area contributed by atoms with E-state index in [1.165, 1.54) is 0 Å². The topological polar surface area (TPSA) is 63.2 Å². The number of sulfone groups is 1. The van der Waals surface area contributed by atoms with Crippen LogP contribution < -0.4 is 5.32 Å². The minimum absolute atomic E-state index is 0.0594. The van der Waals surface area contributed by atoms with Gasteiger partial charge in [0.1, 0.15) is 9.84 Å². The van der Waals surface area contributed by atoms with E-state index in [2.05, 4.69) is 5.32 Å². The van der Waals surface area contributed by atoms with Crippen molar-refractivity contribution in [3.8, 4) is 0 Å². The molecular formula is C14H19NO3S. The fourth-order valence-electron chi connectivity index (χ4n) is 2.34. The number of anilines is 1. The summed E-state index contributed by atoms with van der Waals surface area (Å²) in [6.07, 6.45) is 1.72. The van der Waals surface area contributed by atoms with Crippen LogP contribution in [0.2, 0.25) is 0 Å². The van der Waals surface area contributed by atoms with Gasteiger partial charge < -0.3 is 5.32 Å². The third-order valence-corrected chi connectivity index (χ3v) is 5.30. The minimum atomic E-state index is -2.91. The number of hydrogen-bond donors (Lipinski definition) is 1. The Labute approximate surface area is 114 Å². The molecule has 2 rings (SSSR count). The van der Waals surface area contributed by atoms with Crippen LogP contribution in [0.25, 0.3) is 0 Å². The van der Waals surface area contributed by atoms with E-state index in [1.54, 1.807) is 0 Å². The van der Waals surface area contributed by atoms with Crippen LogP contribution in [0.5, 0.6) is 0 Å². The number of benzene rings is 1. The summed E-state index contributed by atoms with van der Waals surface area (Å²) in [4.78, 5) is 12.1. The number of carbonyl (C=O) groups is 1. The highest BCUT2D eigenvalue weighted by atomic mass is 32.2. The van der Waals surface area contributed by atoms with E-state index < -0.39 is 9.84 Å². The largest absolute Gasteiger partial charge is 0.326 e. The van der Waals surface area contributed by atoms with Crippen molar-refractivity contribution in [1.82, 2.24) is 0 Å². The Morgan fingerprint density at radius 3 is 2.53 bits per heavy atom. The summed E-state index contributed by atoms with van der Waals surface area (Å²) in [5.41, 5.74) is 1.93. The van der Waals surface area contributed by atoms with Crippen LogP contribution in [0.15, 0.2) is 24.3 Å². The van der Waals surface area contributed by atoms with Crippen molar-refractivity contribution < 1.29 is 13.2 Å². The molecule has 19 heavy (non-hydrogen) atoms. The smallest absolute Gasteiger partial charge is 0.227 e. The summed E-state index contributed by atoms with van der Waals surface area (Å²) >= 11 is 0. The SMILES string of the molecule is CCc1ccccc1NC(=O)C1CCS(=O)(=O)CC1. The number of nitrogens with one attached hydrogen (secondary N) is 1. The van der Waals surface area contributed by atoms with E-state index in [4.69, 9.17) is 0 Å². The molecular weight excluding hydrogens is 262 g/mol. The Bertz CT molecular complexity index is 552. The van der Waals surface area contributed by atoms with E-state index in [1.807, 2.05) is 31.2 Å². The Balaban J connectivity index is 2.02. The first-order valence-corrected chi connectivity index (χ1v) is 8.43. The molecule has 1 heterocycles. The van der Waals surface area contributed by atoms with Gasteiger partial charge in [-0.1, -0.05) is 25.1 Å². The highest BCUT2D eigenvalue weighted by Crippen LogP contribution is 2.22. The molecule has 0 saturated carbocycles. The van der Waals surface area contributed by atoms with Gasteiger partial charge in [-0.3, -0.25) is 4.79 Å². The molecule has 0 radical (unpaired) electrons. The van der Waals surface area contributed by atoms with Crippen LogP contribution >= 0.6 is 0 Å². The summed E-state index contributed by atoms with van der Waals surface area (Å²) in [5.74, 6) is 0.00494. The zero-order valence-corrected chi connectivity index (χ0v) is 11.9. The highest BCUT2D eigenvalue weighted by Gasteiger charge is 2.28.